The van der Waals surface area contributed by atoms with Gasteiger partial charge in [-0.2, -0.15) is 0 Å². The standard InChI is InChI=1S/C14H19N3O/c1-10-15-9-11-8-13(2-3-14(11)16-10)17-12-4-6-18-7-5-12/h2-3,8,12,15-17H,1,4-7,9H2. The molecule has 18 heavy (non-hydrogen) atoms. The minimum atomic E-state index is 0.538. The quantitative estimate of drug-likeness (QED) is 0.748. The highest BCUT2D eigenvalue weighted by Gasteiger charge is 2.15. The summed E-state index contributed by atoms with van der Waals surface area (Å²) in [6.07, 6.45) is 2.18. The first kappa shape index (κ1) is 11.4. The lowest BCUT2D eigenvalue weighted by atomic mass is 10.1. The Bertz CT molecular complexity index is 452. The monoisotopic (exact) mass is 245 g/mol. The van der Waals surface area contributed by atoms with E-state index in [0.29, 0.717) is 6.04 Å². The Morgan fingerprint density at radius 2 is 2.11 bits per heavy atom. The van der Waals surface area contributed by atoms with Crippen LogP contribution >= 0.6 is 0 Å². The van der Waals surface area contributed by atoms with Crippen molar-refractivity contribution in [2.45, 2.75) is 25.4 Å². The average Bonchev–Trinajstić information content (AvgIpc) is 2.40. The molecule has 2 aliphatic heterocycles. The van der Waals surface area contributed by atoms with E-state index < -0.39 is 0 Å². The molecule has 1 saturated heterocycles. The molecule has 0 saturated carbocycles. The Kier molecular flexibility index (Phi) is 3.11. The number of benzene rings is 1. The zero-order valence-electron chi connectivity index (χ0n) is 10.5. The van der Waals surface area contributed by atoms with Crippen LogP contribution in [-0.4, -0.2) is 19.3 Å². The summed E-state index contributed by atoms with van der Waals surface area (Å²) in [4.78, 5) is 0. The van der Waals surface area contributed by atoms with E-state index >= 15 is 0 Å². The predicted octanol–water partition coefficient (Wildman–Crippen LogP) is 2.26. The van der Waals surface area contributed by atoms with Crippen LogP contribution in [0.5, 0.6) is 0 Å². The number of hydrogen-bond acceptors (Lipinski definition) is 4. The van der Waals surface area contributed by atoms with Crippen molar-refractivity contribution < 1.29 is 4.74 Å². The first-order valence-corrected chi connectivity index (χ1v) is 6.48. The second-order valence-corrected chi connectivity index (χ2v) is 4.86. The average molecular weight is 245 g/mol. The summed E-state index contributed by atoms with van der Waals surface area (Å²) in [5, 5.41) is 10.0. The smallest absolute Gasteiger partial charge is 0.0959 e. The van der Waals surface area contributed by atoms with Gasteiger partial charge in [0.1, 0.15) is 0 Å². The molecule has 0 atom stereocenters. The van der Waals surface area contributed by atoms with Gasteiger partial charge in [0.25, 0.3) is 0 Å². The number of nitrogens with one attached hydrogen (secondary N) is 3. The molecule has 4 nitrogen and oxygen atoms in total. The van der Waals surface area contributed by atoms with E-state index in [1.807, 2.05) is 0 Å². The lowest BCUT2D eigenvalue weighted by Crippen LogP contribution is -2.28. The van der Waals surface area contributed by atoms with Crippen LogP contribution in [0.1, 0.15) is 18.4 Å². The third kappa shape index (κ3) is 2.43. The largest absolute Gasteiger partial charge is 0.382 e. The Hall–Kier alpha value is -1.68. The summed E-state index contributed by atoms with van der Waals surface area (Å²) in [5.74, 6) is 0.868. The van der Waals surface area contributed by atoms with Gasteiger partial charge in [0.2, 0.25) is 0 Å². The molecule has 0 unspecified atom stereocenters. The fraction of sp³-hybridized carbons (Fsp3) is 0.429. The van der Waals surface area contributed by atoms with E-state index in [1.54, 1.807) is 0 Å². The van der Waals surface area contributed by atoms with Crippen molar-refractivity contribution in [3.63, 3.8) is 0 Å². The highest BCUT2D eigenvalue weighted by atomic mass is 16.5. The molecule has 0 bridgehead atoms. The molecule has 3 rings (SSSR count). The lowest BCUT2D eigenvalue weighted by molar-refractivity contribution is 0.0904. The van der Waals surface area contributed by atoms with Crippen LogP contribution in [0.25, 0.3) is 0 Å². The van der Waals surface area contributed by atoms with Crippen molar-refractivity contribution in [3.05, 3.63) is 36.2 Å². The van der Waals surface area contributed by atoms with E-state index in [-0.39, 0.29) is 0 Å². The van der Waals surface area contributed by atoms with Gasteiger partial charge in [0, 0.05) is 37.2 Å². The van der Waals surface area contributed by atoms with Crippen LogP contribution in [0.4, 0.5) is 11.4 Å². The van der Waals surface area contributed by atoms with Gasteiger partial charge in [0.15, 0.2) is 0 Å². The maximum Gasteiger partial charge on any atom is 0.0959 e. The third-order valence-corrected chi connectivity index (χ3v) is 3.48. The van der Waals surface area contributed by atoms with Crippen molar-refractivity contribution in [2.75, 3.05) is 23.8 Å². The van der Waals surface area contributed by atoms with Crippen LogP contribution in [0.2, 0.25) is 0 Å². The van der Waals surface area contributed by atoms with E-state index in [9.17, 15) is 0 Å². The molecule has 0 amide bonds. The van der Waals surface area contributed by atoms with Crippen LogP contribution < -0.4 is 16.0 Å². The topological polar surface area (TPSA) is 45.3 Å². The zero-order chi connectivity index (χ0) is 12.4. The van der Waals surface area contributed by atoms with E-state index in [0.717, 1.165) is 44.1 Å². The first-order chi connectivity index (χ1) is 8.81. The molecule has 4 heteroatoms. The van der Waals surface area contributed by atoms with Crippen LogP contribution in [0, 0.1) is 0 Å². The molecule has 0 spiro atoms. The van der Waals surface area contributed by atoms with Gasteiger partial charge in [-0.05, 0) is 36.6 Å². The number of anilines is 2. The van der Waals surface area contributed by atoms with Crippen molar-refractivity contribution >= 4 is 11.4 Å². The minimum absolute atomic E-state index is 0.538. The Morgan fingerprint density at radius 1 is 1.28 bits per heavy atom. The second kappa shape index (κ2) is 4.90. The van der Waals surface area contributed by atoms with Crippen molar-refractivity contribution in [1.82, 2.24) is 5.32 Å². The van der Waals surface area contributed by atoms with Gasteiger partial charge < -0.3 is 20.7 Å². The van der Waals surface area contributed by atoms with E-state index in [4.69, 9.17) is 4.74 Å². The molecule has 96 valence electrons. The SMILES string of the molecule is C=C1NCc2cc(NC3CCOCC3)ccc2N1. The first-order valence-electron chi connectivity index (χ1n) is 6.48. The van der Waals surface area contributed by atoms with Gasteiger partial charge in [-0.25, -0.2) is 0 Å². The van der Waals surface area contributed by atoms with Crippen LogP contribution in [0.3, 0.4) is 0 Å². The van der Waals surface area contributed by atoms with Crippen LogP contribution in [-0.2, 0) is 11.3 Å². The molecule has 0 radical (unpaired) electrons. The molecule has 1 fully saturated rings. The summed E-state index contributed by atoms with van der Waals surface area (Å²) in [5.41, 5.74) is 3.62. The summed E-state index contributed by atoms with van der Waals surface area (Å²) in [7, 11) is 0. The second-order valence-electron chi connectivity index (χ2n) is 4.86. The van der Waals surface area contributed by atoms with Crippen molar-refractivity contribution in [3.8, 4) is 0 Å². The summed E-state index contributed by atoms with van der Waals surface area (Å²) < 4.78 is 5.37. The third-order valence-electron chi connectivity index (χ3n) is 3.48. The molecular weight excluding hydrogens is 226 g/mol. The normalized spacial score (nSPS) is 19.7. The fourth-order valence-corrected chi connectivity index (χ4v) is 2.44. The number of hydrogen-bond donors (Lipinski definition) is 3. The number of fused-ring (bicyclic) bond motifs is 1. The Labute approximate surface area is 107 Å². The van der Waals surface area contributed by atoms with Gasteiger partial charge in [-0.1, -0.05) is 6.58 Å². The van der Waals surface area contributed by atoms with Crippen LogP contribution in [0.15, 0.2) is 30.6 Å². The molecule has 1 aromatic rings. The molecule has 2 heterocycles. The molecule has 0 aromatic heterocycles. The van der Waals surface area contributed by atoms with Gasteiger partial charge in [-0.15, -0.1) is 0 Å². The molecule has 1 aromatic carbocycles. The summed E-state index contributed by atoms with van der Waals surface area (Å²) >= 11 is 0. The van der Waals surface area contributed by atoms with E-state index in [2.05, 4.69) is 40.7 Å². The molecule has 0 aliphatic carbocycles. The zero-order valence-corrected chi connectivity index (χ0v) is 10.5. The van der Waals surface area contributed by atoms with E-state index in [1.165, 1.54) is 11.3 Å². The summed E-state index contributed by atoms with van der Waals surface area (Å²) in [6.45, 7) is 6.45. The highest BCUT2D eigenvalue weighted by molar-refractivity contribution is 5.63. The molecule has 2 aliphatic rings. The number of rotatable bonds is 2. The summed E-state index contributed by atoms with van der Waals surface area (Å²) in [6, 6.07) is 6.98. The Balaban J connectivity index is 1.71. The van der Waals surface area contributed by atoms with Gasteiger partial charge >= 0.3 is 0 Å². The van der Waals surface area contributed by atoms with Crippen molar-refractivity contribution in [2.24, 2.45) is 0 Å². The van der Waals surface area contributed by atoms with Gasteiger partial charge in [0.05, 0.1) is 5.82 Å². The number of ether oxygens (including phenoxy) is 1. The fourth-order valence-electron chi connectivity index (χ4n) is 2.44. The Morgan fingerprint density at radius 3 is 2.94 bits per heavy atom. The maximum atomic E-state index is 5.37. The molecular formula is C14H19N3O. The van der Waals surface area contributed by atoms with Crippen molar-refractivity contribution in [1.29, 1.82) is 0 Å². The highest BCUT2D eigenvalue weighted by Crippen LogP contribution is 2.25. The maximum absolute atomic E-state index is 5.37. The predicted molar refractivity (Wildman–Crippen MR) is 73.5 cm³/mol. The molecule has 3 N–H and O–H groups in total. The minimum Gasteiger partial charge on any atom is -0.382 e. The van der Waals surface area contributed by atoms with Gasteiger partial charge in [-0.3, -0.25) is 0 Å². The lowest BCUT2D eigenvalue weighted by Gasteiger charge is -2.26.